The van der Waals surface area contributed by atoms with Gasteiger partial charge < -0.3 is 20.3 Å². The number of allylic oxidation sites excluding steroid dienone is 2. The SMILES string of the molecule is Cc1cc(C)n(CCC(=O)N2CC[C@H]3NC(=O)[C@@H](Cc4ccccc4)NC(=O)C4(C/C=C/C[C@H]3C2)CCOCC4)c(=O)n1. The molecular formula is C33H43N5O5. The fourth-order valence-electron chi connectivity index (χ4n) is 6.62. The molecule has 43 heavy (non-hydrogen) atoms. The van der Waals surface area contributed by atoms with E-state index < -0.39 is 11.5 Å². The van der Waals surface area contributed by atoms with Crippen molar-refractivity contribution in [3.05, 3.63) is 76.0 Å². The molecule has 0 bridgehead atoms. The van der Waals surface area contributed by atoms with Crippen molar-refractivity contribution in [3.63, 3.8) is 0 Å². The highest BCUT2D eigenvalue weighted by Gasteiger charge is 2.41. The van der Waals surface area contributed by atoms with E-state index in [1.165, 1.54) is 0 Å². The lowest BCUT2D eigenvalue weighted by Crippen LogP contribution is -2.58. The molecule has 1 aromatic carbocycles. The van der Waals surface area contributed by atoms with Gasteiger partial charge >= 0.3 is 5.69 Å². The van der Waals surface area contributed by atoms with Gasteiger partial charge in [0, 0.05) is 69.0 Å². The Balaban J connectivity index is 1.32. The van der Waals surface area contributed by atoms with E-state index in [1.54, 1.807) is 11.5 Å². The van der Waals surface area contributed by atoms with Crippen molar-refractivity contribution < 1.29 is 19.1 Å². The molecule has 4 heterocycles. The number of fused-ring (bicyclic) bond motifs is 1. The van der Waals surface area contributed by atoms with Crippen LogP contribution in [0, 0.1) is 25.2 Å². The molecule has 10 nitrogen and oxygen atoms in total. The van der Waals surface area contributed by atoms with Crippen LogP contribution in [0.1, 0.15) is 55.5 Å². The summed E-state index contributed by atoms with van der Waals surface area (Å²) in [5.74, 6) is -0.267. The lowest BCUT2D eigenvalue weighted by molar-refractivity contribution is -0.140. The van der Waals surface area contributed by atoms with Gasteiger partial charge in [0.25, 0.3) is 0 Å². The Kier molecular flexibility index (Phi) is 9.75. The molecule has 3 amide bonds. The van der Waals surface area contributed by atoms with Crippen molar-refractivity contribution in [2.75, 3.05) is 26.3 Å². The van der Waals surface area contributed by atoms with E-state index >= 15 is 0 Å². The maximum absolute atomic E-state index is 13.8. The number of benzene rings is 1. The van der Waals surface area contributed by atoms with Crippen LogP contribution in [0.5, 0.6) is 0 Å². The Hall–Kier alpha value is -3.79. The minimum absolute atomic E-state index is 0.0119. The van der Waals surface area contributed by atoms with Crippen molar-refractivity contribution in [1.82, 2.24) is 25.1 Å². The van der Waals surface area contributed by atoms with Gasteiger partial charge in [-0.05, 0) is 57.6 Å². The van der Waals surface area contributed by atoms with Crippen molar-refractivity contribution in [2.45, 2.75) is 77.4 Å². The van der Waals surface area contributed by atoms with Gasteiger partial charge in [0.2, 0.25) is 17.7 Å². The van der Waals surface area contributed by atoms with E-state index in [-0.39, 0.29) is 48.3 Å². The summed E-state index contributed by atoms with van der Waals surface area (Å²) in [6.45, 7) is 5.98. The van der Waals surface area contributed by atoms with Crippen LogP contribution in [0.2, 0.25) is 0 Å². The predicted molar refractivity (Wildman–Crippen MR) is 162 cm³/mol. The molecule has 2 aromatic rings. The molecule has 2 N–H and O–H groups in total. The average molecular weight is 590 g/mol. The number of nitrogens with one attached hydrogen (secondary N) is 2. The summed E-state index contributed by atoms with van der Waals surface area (Å²) in [4.78, 5) is 59.0. The van der Waals surface area contributed by atoms with Crippen LogP contribution in [-0.2, 0) is 32.1 Å². The molecule has 5 rings (SSSR count). The Bertz CT molecular complexity index is 1400. The van der Waals surface area contributed by atoms with E-state index in [4.69, 9.17) is 4.74 Å². The number of carbonyl (C=O) groups excluding carboxylic acids is 3. The zero-order valence-corrected chi connectivity index (χ0v) is 25.2. The second-order valence-corrected chi connectivity index (χ2v) is 12.2. The topological polar surface area (TPSA) is 123 Å². The second kappa shape index (κ2) is 13.7. The van der Waals surface area contributed by atoms with Crippen molar-refractivity contribution >= 4 is 17.7 Å². The van der Waals surface area contributed by atoms with Crippen LogP contribution in [-0.4, -0.2) is 70.6 Å². The summed E-state index contributed by atoms with van der Waals surface area (Å²) < 4.78 is 7.14. The van der Waals surface area contributed by atoms with Gasteiger partial charge in [0.15, 0.2) is 0 Å². The van der Waals surface area contributed by atoms with E-state index in [0.717, 1.165) is 11.3 Å². The minimum Gasteiger partial charge on any atom is -0.381 e. The summed E-state index contributed by atoms with van der Waals surface area (Å²) >= 11 is 0. The first kappa shape index (κ1) is 30.7. The fourth-order valence-corrected chi connectivity index (χ4v) is 6.62. The third-order valence-corrected chi connectivity index (χ3v) is 9.26. The summed E-state index contributed by atoms with van der Waals surface area (Å²) in [6.07, 6.45) is 7.91. The van der Waals surface area contributed by atoms with Crippen LogP contribution in [0.4, 0.5) is 0 Å². The first-order valence-corrected chi connectivity index (χ1v) is 15.4. The number of hydrogen-bond acceptors (Lipinski definition) is 6. The number of amides is 3. The summed E-state index contributed by atoms with van der Waals surface area (Å²) in [5, 5.41) is 6.38. The van der Waals surface area contributed by atoms with E-state index in [9.17, 15) is 19.2 Å². The molecular weight excluding hydrogens is 546 g/mol. The second-order valence-electron chi connectivity index (χ2n) is 12.2. The molecule has 2 fully saturated rings. The quantitative estimate of drug-likeness (QED) is 0.517. The summed E-state index contributed by atoms with van der Waals surface area (Å²) in [7, 11) is 0. The highest BCUT2D eigenvalue weighted by atomic mass is 16.5. The summed E-state index contributed by atoms with van der Waals surface area (Å²) in [5.41, 5.74) is 1.48. The third-order valence-electron chi connectivity index (χ3n) is 9.26. The standard InChI is InChI=1S/C33H43N5O5/c1-23-20-24(2)38(32(42)34-23)17-12-29(39)37-16-11-27-26(22-37)10-6-7-13-33(14-18-43-19-15-33)31(41)36-28(30(40)35-27)21-25-8-4-3-5-9-25/h3-9,20,26-28H,10-19,21-22H2,1-2H3,(H,35,40)(H,36,41)/b7-6+/t26-,27+,28+/m0/s1. The van der Waals surface area contributed by atoms with E-state index in [1.807, 2.05) is 48.2 Å². The highest BCUT2D eigenvalue weighted by Crippen LogP contribution is 2.36. The smallest absolute Gasteiger partial charge is 0.347 e. The monoisotopic (exact) mass is 589 g/mol. The normalized spacial score (nSPS) is 25.1. The van der Waals surface area contributed by atoms with Crippen LogP contribution >= 0.6 is 0 Å². The number of piperidine rings is 1. The van der Waals surface area contributed by atoms with Crippen molar-refractivity contribution in [2.24, 2.45) is 11.3 Å². The first-order valence-electron chi connectivity index (χ1n) is 15.4. The molecule has 0 aliphatic carbocycles. The molecule has 3 aliphatic heterocycles. The molecule has 0 saturated carbocycles. The zero-order chi connectivity index (χ0) is 30.4. The Labute approximate surface area is 252 Å². The number of ether oxygens (including phenoxy) is 1. The van der Waals surface area contributed by atoms with Crippen LogP contribution in [0.15, 0.2) is 53.3 Å². The van der Waals surface area contributed by atoms with Crippen molar-refractivity contribution in [1.29, 1.82) is 0 Å². The third kappa shape index (κ3) is 7.41. The van der Waals surface area contributed by atoms with Crippen LogP contribution in [0.25, 0.3) is 0 Å². The molecule has 230 valence electrons. The van der Waals surface area contributed by atoms with Crippen molar-refractivity contribution in [3.8, 4) is 0 Å². The van der Waals surface area contributed by atoms with Gasteiger partial charge in [-0.2, -0.15) is 4.98 Å². The van der Waals surface area contributed by atoms with Gasteiger partial charge in [0.05, 0.1) is 5.41 Å². The maximum Gasteiger partial charge on any atom is 0.347 e. The Morgan fingerprint density at radius 2 is 1.84 bits per heavy atom. The van der Waals surface area contributed by atoms with Crippen LogP contribution < -0.4 is 16.3 Å². The largest absolute Gasteiger partial charge is 0.381 e. The minimum atomic E-state index is -0.706. The number of likely N-dealkylation sites (tertiary alicyclic amines) is 1. The highest BCUT2D eigenvalue weighted by molar-refractivity contribution is 5.90. The molecule has 2 saturated heterocycles. The van der Waals surface area contributed by atoms with Gasteiger partial charge in [0.1, 0.15) is 6.04 Å². The number of aryl methyl sites for hydroxylation is 2. The molecule has 0 unspecified atom stereocenters. The molecule has 0 radical (unpaired) electrons. The van der Waals surface area contributed by atoms with E-state index in [2.05, 4.69) is 27.8 Å². The molecule has 1 spiro atoms. The van der Waals surface area contributed by atoms with Gasteiger partial charge in [-0.25, -0.2) is 4.79 Å². The van der Waals surface area contributed by atoms with Gasteiger partial charge in [-0.3, -0.25) is 19.0 Å². The maximum atomic E-state index is 13.8. The number of carbonyl (C=O) groups is 3. The zero-order valence-electron chi connectivity index (χ0n) is 25.2. The van der Waals surface area contributed by atoms with Crippen LogP contribution in [0.3, 0.4) is 0 Å². The molecule has 10 heteroatoms. The lowest BCUT2D eigenvalue weighted by atomic mass is 9.75. The van der Waals surface area contributed by atoms with Gasteiger partial charge in [-0.15, -0.1) is 0 Å². The average Bonchev–Trinajstić information content (AvgIpc) is 2.99. The number of aromatic nitrogens is 2. The molecule has 3 aliphatic rings. The lowest BCUT2D eigenvalue weighted by Gasteiger charge is -2.40. The fraction of sp³-hybridized carbons (Fsp3) is 0.545. The molecule has 3 atom stereocenters. The number of nitrogens with zero attached hydrogens (tertiary/aromatic N) is 3. The van der Waals surface area contributed by atoms with Gasteiger partial charge in [-0.1, -0.05) is 42.5 Å². The Morgan fingerprint density at radius 3 is 2.58 bits per heavy atom. The predicted octanol–water partition coefficient (Wildman–Crippen LogP) is 2.46. The Morgan fingerprint density at radius 1 is 1.07 bits per heavy atom. The first-order chi connectivity index (χ1) is 20.7. The number of rotatable bonds is 5. The van der Waals surface area contributed by atoms with E-state index in [0.29, 0.717) is 70.5 Å². The molecule has 1 aromatic heterocycles. The number of hydrogen-bond donors (Lipinski definition) is 2. The summed E-state index contributed by atoms with van der Waals surface area (Å²) in [6, 6.07) is 10.8.